The van der Waals surface area contributed by atoms with Crippen LogP contribution in [0.3, 0.4) is 0 Å². The van der Waals surface area contributed by atoms with Gasteiger partial charge < -0.3 is 15.4 Å². The molecule has 0 atom stereocenters. The molecule has 2 N–H and O–H groups in total. The van der Waals surface area contributed by atoms with Gasteiger partial charge in [-0.25, -0.2) is 4.39 Å². The number of hydrogen-bond acceptors (Lipinski definition) is 3. The van der Waals surface area contributed by atoms with E-state index in [9.17, 15) is 9.18 Å². The molecule has 1 fully saturated rings. The predicted molar refractivity (Wildman–Crippen MR) is 86.6 cm³/mol. The average Bonchev–Trinajstić information content (AvgIpc) is 2.50. The Morgan fingerprint density at radius 3 is 2.64 bits per heavy atom. The maximum Gasteiger partial charge on any atom is 0.227 e. The smallest absolute Gasteiger partial charge is 0.227 e. The predicted octanol–water partition coefficient (Wildman–Crippen LogP) is 2.15. The summed E-state index contributed by atoms with van der Waals surface area (Å²) in [5.41, 5.74) is 5.89. The first-order valence-corrected chi connectivity index (χ1v) is 7.53. The Balaban J connectivity index is 0.00000242. The van der Waals surface area contributed by atoms with E-state index >= 15 is 0 Å². The summed E-state index contributed by atoms with van der Waals surface area (Å²) in [7, 11) is 0. The topological polar surface area (TPSA) is 55.6 Å². The third-order valence-corrected chi connectivity index (χ3v) is 3.80. The number of hydrogen-bond donors (Lipinski definition) is 1. The molecular formula is C16H24ClFN2O2. The van der Waals surface area contributed by atoms with E-state index in [0.717, 1.165) is 19.3 Å². The molecule has 124 valence electrons. The Kier molecular flexibility index (Phi) is 8.38. The molecule has 1 aliphatic rings. The Hall–Kier alpha value is -1.17. The number of benzene rings is 1. The van der Waals surface area contributed by atoms with Crippen molar-refractivity contribution in [3.05, 3.63) is 35.6 Å². The first-order chi connectivity index (χ1) is 10.2. The molecule has 22 heavy (non-hydrogen) atoms. The van der Waals surface area contributed by atoms with E-state index in [1.807, 2.05) is 0 Å². The van der Waals surface area contributed by atoms with E-state index < -0.39 is 0 Å². The van der Waals surface area contributed by atoms with Crippen molar-refractivity contribution in [3.63, 3.8) is 0 Å². The first kappa shape index (κ1) is 18.9. The number of nitrogens with zero attached hydrogens (tertiary/aromatic N) is 1. The van der Waals surface area contributed by atoms with Crippen molar-refractivity contribution in [2.45, 2.75) is 31.8 Å². The summed E-state index contributed by atoms with van der Waals surface area (Å²) >= 11 is 0. The van der Waals surface area contributed by atoms with Gasteiger partial charge in [-0.05, 0) is 37.4 Å². The van der Waals surface area contributed by atoms with Crippen LogP contribution in [0, 0.1) is 5.82 Å². The molecule has 6 heteroatoms. The fraction of sp³-hybridized carbons (Fsp3) is 0.562. The number of piperidine rings is 1. The van der Waals surface area contributed by atoms with Crippen LogP contribution in [-0.2, 0) is 16.0 Å². The highest BCUT2D eigenvalue weighted by atomic mass is 35.5. The number of nitrogens with two attached hydrogens (primary N) is 1. The van der Waals surface area contributed by atoms with E-state index in [4.69, 9.17) is 10.5 Å². The number of carbonyl (C=O) groups is 1. The van der Waals surface area contributed by atoms with Gasteiger partial charge in [0.25, 0.3) is 0 Å². The van der Waals surface area contributed by atoms with Gasteiger partial charge in [0.1, 0.15) is 5.82 Å². The minimum atomic E-state index is -0.314. The lowest BCUT2D eigenvalue weighted by atomic mass is 10.1. The second-order valence-corrected chi connectivity index (χ2v) is 5.36. The molecule has 1 aromatic carbocycles. The van der Waals surface area contributed by atoms with Crippen LogP contribution < -0.4 is 5.73 Å². The highest BCUT2D eigenvalue weighted by Gasteiger charge is 2.23. The van der Waals surface area contributed by atoms with Gasteiger partial charge in [0.15, 0.2) is 0 Å². The van der Waals surface area contributed by atoms with Gasteiger partial charge in [0.2, 0.25) is 5.91 Å². The summed E-state index contributed by atoms with van der Waals surface area (Å²) in [6, 6.07) is 6.44. The molecule has 1 aliphatic heterocycles. The second-order valence-electron chi connectivity index (χ2n) is 5.36. The zero-order valence-corrected chi connectivity index (χ0v) is 13.5. The molecule has 0 aromatic heterocycles. The van der Waals surface area contributed by atoms with Gasteiger partial charge in [0, 0.05) is 19.7 Å². The lowest BCUT2D eigenvalue weighted by molar-refractivity contribution is -0.133. The summed E-state index contributed by atoms with van der Waals surface area (Å²) in [6.45, 7) is 2.69. The number of rotatable bonds is 6. The third-order valence-electron chi connectivity index (χ3n) is 3.80. The third kappa shape index (κ3) is 5.55. The highest BCUT2D eigenvalue weighted by molar-refractivity contribution is 5.85. The van der Waals surface area contributed by atoms with Crippen LogP contribution >= 0.6 is 12.4 Å². The summed E-state index contributed by atoms with van der Waals surface area (Å²) in [6.07, 6.45) is 2.90. The lowest BCUT2D eigenvalue weighted by Crippen LogP contribution is -2.41. The molecule has 0 unspecified atom stereocenters. The van der Waals surface area contributed by atoms with Gasteiger partial charge in [-0.1, -0.05) is 18.2 Å². The van der Waals surface area contributed by atoms with Gasteiger partial charge in [-0.2, -0.15) is 0 Å². The molecule has 1 aromatic rings. The average molecular weight is 331 g/mol. The van der Waals surface area contributed by atoms with Gasteiger partial charge in [-0.3, -0.25) is 4.79 Å². The van der Waals surface area contributed by atoms with Crippen LogP contribution in [0.1, 0.15) is 24.8 Å². The first-order valence-electron chi connectivity index (χ1n) is 7.53. The SMILES string of the molecule is Cl.NCCCOC1CCN(C(=O)Cc2ccccc2F)CC1. The monoisotopic (exact) mass is 330 g/mol. The van der Waals surface area contributed by atoms with Crippen LogP contribution in [0.25, 0.3) is 0 Å². The maximum atomic E-state index is 13.6. The summed E-state index contributed by atoms with van der Waals surface area (Å²) < 4.78 is 19.3. The molecule has 0 saturated carbocycles. The Labute approximate surface area is 137 Å². The number of halogens is 2. The van der Waals surface area contributed by atoms with Crippen LogP contribution in [0.2, 0.25) is 0 Å². The fourth-order valence-electron chi connectivity index (χ4n) is 2.52. The van der Waals surface area contributed by atoms with Crippen LogP contribution in [0.5, 0.6) is 0 Å². The summed E-state index contributed by atoms with van der Waals surface area (Å²) in [5, 5.41) is 0. The van der Waals surface area contributed by atoms with E-state index in [1.165, 1.54) is 6.07 Å². The van der Waals surface area contributed by atoms with Crippen molar-refractivity contribution < 1.29 is 13.9 Å². The Morgan fingerprint density at radius 2 is 2.00 bits per heavy atom. The Bertz CT molecular complexity index is 465. The van der Waals surface area contributed by atoms with Crippen molar-refractivity contribution in [3.8, 4) is 0 Å². The van der Waals surface area contributed by atoms with Crippen molar-refractivity contribution in [1.82, 2.24) is 4.90 Å². The molecule has 0 spiro atoms. The van der Waals surface area contributed by atoms with E-state index in [0.29, 0.717) is 31.8 Å². The second kappa shape index (κ2) is 9.77. The minimum absolute atomic E-state index is 0. The fourth-order valence-corrected chi connectivity index (χ4v) is 2.52. The van der Waals surface area contributed by atoms with Crippen LogP contribution in [0.15, 0.2) is 24.3 Å². The van der Waals surface area contributed by atoms with Crippen LogP contribution in [0.4, 0.5) is 4.39 Å². The van der Waals surface area contributed by atoms with Crippen molar-refractivity contribution in [2.75, 3.05) is 26.2 Å². The van der Waals surface area contributed by atoms with Crippen molar-refractivity contribution >= 4 is 18.3 Å². The minimum Gasteiger partial charge on any atom is -0.378 e. The van der Waals surface area contributed by atoms with Crippen LogP contribution in [-0.4, -0.2) is 43.2 Å². The molecule has 1 amide bonds. The van der Waals surface area contributed by atoms with Crippen molar-refractivity contribution in [2.24, 2.45) is 5.73 Å². The summed E-state index contributed by atoms with van der Waals surface area (Å²) in [4.78, 5) is 14.0. The molecule has 2 rings (SSSR count). The summed E-state index contributed by atoms with van der Waals surface area (Å²) in [5.74, 6) is -0.327. The van der Waals surface area contributed by atoms with Gasteiger partial charge in [-0.15, -0.1) is 12.4 Å². The molecule has 0 radical (unpaired) electrons. The molecule has 4 nitrogen and oxygen atoms in total. The normalized spacial score (nSPS) is 15.5. The molecule has 1 saturated heterocycles. The number of ether oxygens (including phenoxy) is 1. The standard InChI is InChI=1S/C16H23FN2O2.ClH/c17-15-5-2-1-4-13(15)12-16(20)19-9-6-14(7-10-19)21-11-3-8-18;/h1-2,4-5,14H,3,6-12,18H2;1H. The highest BCUT2D eigenvalue weighted by Crippen LogP contribution is 2.16. The zero-order valence-electron chi connectivity index (χ0n) is 12.7. The maximum absolute atomic E-state index is 13.6. The quantitative estimate of drug-likeness (QED) is 0.813. The number of likely N-dealkylation sites (tertiary alicyclic amines) is 1. The Morgan fingerprint density at radius 1 is 1.32 bits per heavy atom. The number of carbonyl (C=O) groups excluding carboxylic acids is 1. The molecule has 1 heterocycles. The molecular weight excluding hydrogens is 307 g/mol. The molecule has 0 aliphatic carbocycles. The van der Waals surface area contributed by atoms with E-state index in [-0.39, 0.29) is 36.7 Å². The van der Waals surface area contributed by atoms with Gasteiger partial charge in [0.05, 0.1) is 12.5 Å². The lowest BCUT2D eigenvalue weighted by Gasteiger charge is -2.32. The largest absolute Gasteiger partial charge is 0.378 e. The zero-order chi connectivity index (χ0) is 15.1. The van der Waals surface area contributed by atoms with E-state index in [1.54, 1.807) is 23.1 Å². The molecule has 0 bridgehead atoms. The number of amides is 1. The van der Waals surface area contributed by atoms with E-state index in [2.05, 4.69) is 0 Å². The van der Waals surface area contributed by atoms with Crippen molar-refractivity contribution in [1.29, 1.82) is 0 Å². The van der Waals surface area contributed by atoms with Gasteiger partial charge >= 0.3 is 0 Å².